The van der Waals surface area contributed by atoms with Gasteiger partial charge < -0.3 is 8.98 Å². The van der Waals surface area contributed by atoms with Gasteiger partial charge in [0.15, 0.2) is 11.6 Å². The van der Waals surface area contributed by atoms with Crippen LogP contribution in [0, 0.1) is 0 Å². The summed E-state index contributed by atoms with van der Waals surface area (Å²) in [6, 6.07) is 10.8. The number of anilines is 1. The maximum atomic E-state index is 11.8. The normalized spacial score (nSPS) is 10.2. The molecule has 0 saturated carbocycles. The Bertz CT molecular complexity index is 690. The quantitative estimate of drug-likeness (QED) is 0.712. The Morgan fingerprint density at radius 1 is 1.15 bits per heavy atom. The van der Waals surface area contributed by atoms with Gasteiger partial charge in [0.1, 0.15) is 0 Å². The highest BCUT2D eigenvalue weighted by atomic mass is 16.3. The molecule has 3 aromatic heterocycles. The minimum atomic E-state index is -0.362. The number of aromatic nitrogens is 2. The lowest BCUT2D eigenvalue weighted by molar-refractivity contribution is 0.0935. The number of hydrogen-bond acceptors (Lipinski definition) is 4. The largest absolute Gasteiger partial charge is 0.459 e. The third-order valence-electron chi connectivity index (χ3n) is 2.71. The molecule has 20 heavy (non-hydrogen) atoms. The van der Waals surface area contributed by atoms with Gasteiger partial charge in [0, 0.05) is 18.6 Å². The molecular weight excluding hydrogens is 256 g/mol. The first kappa shape index (κ1) is 12.0. The number of nitrogens with zero attached hydrogens (tertiary/aromatic N) is 2. The van der Waals surface area contributed by atoms with Gasteiger partial charge in [0.25, 0.3) is 0 Å². The number of amides is 1. The topological polar surface area (TPSA) is 72.1 Å². The van der Waals surface area contributed by atoms with Crippen LogP contribution in [0.1, 0.15) is 10.6 Å². The van der Waals surface area contributed by atoms with Gasteiger partial charge in [-0.15, -0.1) is 0 Å². The summed E-state index contributed by atoms with van der Waals surface area (Å²) in [5.41, 5.74) is 6.17. The average molecular weight is 268 g/mol. The van der Waals surface area contributed by atoms with Crippen LogP contribution in [0.2, 0.25) is 0 Å². The molecule has 0 aliphatic carbocycles. The highest BCUT2D eigenvalue weighted by molar-refractivity contribution is 5.92. The second-order valence-corrected chi connectivity index (χ2v) is 4.02. The van der Waals surface area contributed by atoms with Crippen molar-refractivity contribution in [1.29, 1.82) is 0 Å². The molecule has 0 aliphatic rings. The van der Waals surface area contributed by atoms with Crippen molar-refractivity contribution in [3.05, 3.63) is 67.0 Å². The monoisotopic (exact) mass is 268 g/mol. The van der Waals surface area contributed by atoms with Crippen molar-refractivity contribution in [3.63, 3.8) is 0 Å². The Labute approximate surface area is 115 Å². The Morgan fingerprint density at radius 2 is 2.00 bits per heavy atom. The molecule has 100 valence electrons. The lowest BCUT2D eigenvalue weighted by Crippen LogP contribution is -2.30. The van der Waals surface area contributed by atoms with Gasteiger partial charge in [-0.25, -0.2) is 4.98 Å². The number of rotatable bonds is 4. The summed E-state index contributed by atoms with van der Waals surface area (Å²) in [6.07, 6.45) is 6.89. The summed E-state index contributed by atoms with van der Waals surface area (Å²) in [4.78, 5) is 16.0. The van der Waals surface area contributed by atoms with E-state index in [2.05, 4.69) is 15.8 Å². The van der Waals surface area contributed by atoms with Crippen LogP contribution in [0.3, 0.4) is 0 Å². The van der Waals surface area contributed by atoms with Crippen molar-refractivity contribution < 1.29 is 9.21 Å². The van der Waals surface area contributed by atoms with E-state index in [1.54, 1.807) is 18.3 Å². The summed E-state index contributed by atoms with van der Waals surface area (Å²) in [7, 11) is 0. The lowest BCUT2D eigenvalue weighted by atomic mass is 10.4. The molecule has 0 radical (unpaired) electrons. The van der Waals surface area contributed by atoms with Crippen molar-refractivity contribution in [2.45, 2.75) is 0 Å². The van der Waals surface area contributed by atoms with Gasteiger partial charge in [-0.1, -0.05) is 0 Å². The molecule has 0 aromatic carbocycles. The minimum absolute atomic E-state index is 0.232. The molecule has 0 unspecified atom stereocenters. The van der Waals surface area contributed by atoms with E-state index >= 15 is 0 Å². The first-order valence-electron chi connectivity index (χ1n) is 6.03. The van der Waals surface area contributed by atoms with E-state index in [0.29, 0.717) is 5.82 Å². The number of furan rings is 1. The minimum Gasteiger partial charge on any atom is -0.459 e. The standard InChI is InChI=1S/C14H12N4O2/c19-14(12-6-4-10-20-12)17-16-13-11(5-3-7-15-13)18-8-1-2-9-18/h1-10H,(H,15,16)(H,17,19). The molecule has 0 bridgehead atoms. The van der Waals surface area contributed by atoms with E-state index in [1.807, 2.05) is 41.2 Å². The lowest BCUT2D eigenvalue weighted by Gasteiger charge is -2.11. The van der Waals surface area contributed by atoms with Crippen LogP contribution in [-0.4, -0.2) is 15.5 Å². The van der Waals surface area contributed by atoms with Crippen LogP contribution < -0.4 is 10.9 Å². The van der Waals surface area contributed by atoms with Crippen molar-refractivity contribution in [2.75, 3.05) is 5.43 Å². The molecule has 0 fully saturated rings. The Balaban J connectivity index is 1.77. The number of carbonyl (C=O) groups excluding carboxylic acids is 1. The van der Waals surface area contributed by atoms with Crippen molar-refractivity contribution in [3.8, 4) is 5.69 Å². The first-order valence-corrected chi connectivity index (χ1v) is 6.03. The van der Waals surface area contributed by atoms with E-state index < -0.39 is 0 Å². The molecule has 0 atom stereocenters. The predicted octanol–water partition coefficient (Wildman–Crippen LogP) is 2.22. The fourth-order valence-corrected chi connectivity index (χ4v) is 1.78. The second kappa shape index (κ2) is 5.31. The van der Waals surface area contributed by atoms with Crippen LogP contribution >= 0.6 is 0 Å². The van der Waals surface area contributed by atoms with Gasteiger partial charge in [-0.3, -0.25) is 15.6 Å². The second-order valence-electron chi connectivity index (χ2n) is 4.02. The number of hydrogen-bond donors (Lipinski definition) is 2. The molecule has 2 N–H and O–H groups in total. The number of nitrogens with one attached hydrogen (secondary N) is 2. The zero-order valence-electron chi connectivity index (χ0n) is 10.5. The first-order chi connectivity index (χ1) is 9.84. The van der Waals surface area contributed by atoms with Crippen molar-refractivity contribution in [1.82, 2.24) is 15.0 Å². The smallest absolute Gasteiger partial charge is 0.305 e. The molecule has 3 heterocycles. The van der Waals surface area contributed by atoms with Crippen LogP contribution in [0.15, 0.2) is 65.7 Å². The molecular formula is C14H12N4O2. The summed E-state index contributed by atoms with van der Waals surface area (Å²) in [6.45, 7) is 0. The number of pyridine rings is 1. The third-order valence-corrected chi connectivity index (χ3v) is 2.71. The fourth-order valence-electron chi connectivity index (χ4n) is 1.78. The average Bonchev–Trinajstić information content (AvgIpc) is 3.17. The fraction of sp³-hybridized carbons (Fsp3) is 0. The molecule has 6 nitrogen and oxygen atoms in total. The predicted molar refractivity (Wildman–Crippen MR) is 73.4 cm³/mol. The van der Waals surface area contributed by atoms with Crippen LogP contribution in [0.5, 0.6) is 0 Å². The zero-order valence-corrected chi connectivity index (χ0v) is 10.5. The molecule has 3 aromatic rings. The van der Waals surface area contributed by atoms with E-state index in [0.717, 1.165) is 5.69 Å². The molecule has 3 rings (SSSR count). The zero-order chi connectivity index (χ0) is 13.8. The van der Waals surface area contributed by atoms with E-state index in [9.17, 15) is 4.79 Å². The van der Waals surface area contributed by atoms with Gasteiger partial charge in [0.05, 0.1) is 12.0 Å². The van der Waals surface area contributed by atoms with Gasteiger partial charge in [-0.2, -0.15) is 0 Å². The van der Waals surface area contributed by atoms with Crippen molar-refractivity contribution >= 4 is 11.7 Å². The Morgan fingerprint density at radius 3 is 2.75 bits per heavy atom. The molecule has 1 amide bonds. The van der Waals surface area contributed by atoms with E-state index in [1.165, 1.54) is 6.26 Å². The number of hydrazine groups is 1. The van der Waals surface area contributed by atoms with Crippen LogP contribution in [-0.2, 0) is 0 Å². The highest BCUT2D eigenvalue weighted by Gasteiger charge is 2.09. The van der Waals surface area contributed by atoms with Crippen LogP contribution in [0.25, 0.3) is 5.69 Å². The molecule has 0 aliphatic heterocycles. The molecule has 0 spiro atoms. The molecule has 0 saturated heterocycles. The Hall–Kier alpha value is -3.02. The van der Waals surface area contributed by atoms with Gasteiger partial charge >= 0.3 is 5.91 Å². The SMILES string of the molecule is O=C(NNc1ncccc1-n1cccc1)c1ccco1. The summed E-state index contributed by atoms with van der Waals surface area (Å²) < 4.78 is 6.91. The maximum Gasteiger partial charge on any atom is 0.305 e. The summed E-state index contributed by atoms with van der Waals surface area (Å²) >= 11 is 0. The summed E-state index contributed by atoms with van der Waals surface area (Å²) in [5.74, 6) is 0.415. The van der Waals surface area contributed by atoms with Crippen molar-refractivity contribution in [2.24, 2.45) is 0 Å². The number of carbonyl (C=O) groups is 1. The maximum absolute atomic E-state index is 11.8. The third kappa shape index (κ3) is 2.39. The van der Waals surface area contributed by atoms with E-state index in [-0.39, 0.29) is 11.7 Å². The van der Waals surface area contributed by atoms with Crippen LogP contribution in [0.4, 0.5) is 5.82 Å². The van der Waals surface area contributed by atoms with Gasteiger partial charge in [-0.05, 0) is 36.4 Å². The summed E-state index contributed by atoms with van der Waals surface area (Å²) in [5, 5.41) is 0. The molecule has 6 heteroatoms. The van der Waals surface area contributed by atoms with Gasteiger partial charge in [0.2, 0.25) is 0 Å². The highest BCUT2D eigenvalue weighted by Crippen LogP contribution is 2.16. The van der Waals surface area contributed by atoms with E-state index in [4.69, 9.17) is 4.42 Å². The Kier molecular flexibility index (Phi) is 3.20.